The van der Waals surface area contributed by atoms with Crippen molar-refractivity contribution in [3.63, 3.8) is 0 Å². The molecule has 0 radical (unpaired) electrons. The largest absolute Gasteiger partial charge is 0.493 e. The molecule has 0 saturated carbocycles. The van der Waals surface area contributed by atoms with Gasteiger partial charge in [0, 0.05) is 50.6 Å². The van der Waals surface area contributed by atoms with Crippen LogP contribution in [0.5, 0.6) is 23.0 Å². The summed E-state index contributed by atoms with van der Waals surface area (Å²) in [6.45, 7) is 24.4. The van der Waals surface area contributed by atoms with Gasteiger partial charge in [-0.1, -0.05) is 231 Å². The molecular weight excluding hydrogens is 1160 g/mol. The summed E-state index contributed by atoms with van der Waals surface area (Å²) >= 11 is 0. The molecule has 498 valence electrons. The number of hydrogen-bond acceptors (Lipinski definition) is 4. The molecule has 0 aliphatic rings. The third kappa shape index (κ3) is 20.9. The molecule has 0 bridgehead atoms. The van der Waals surface area contributed by atoms with Crippen LogP contribution in [-0.4, -0.2) is 31.0 Å². The summed E-state index contributed by atoms with van der Waals surface area (Å²) in [7, 11) is 0. The Hall–Kier alpha value is -8.12. The molecule has 4 atom stereocenters. The second-order valence-electron chi connectivity index (χ2n) is 26.8. The third-order valence-corrected chi connectivity index (χ3v) is 19.5. The number of aryl methyl sites for hydroxylation is 1. The van der Waals surface area contributed by atoms with Gasteiger partial charge >= 0.3 is 0 Å². The van der Waals surface area contributed by atoms with E-state index in [1.807, 2.05) is 0 Å². The van der Waals surface area contributed by atoms with E-state index in [1.165, 1.54) is 118 Å². The lowest BCUT2D eigenvalue weighted by molar-refractivity contribution is 0.233. The van der Waals surface area contributed by atoms with Crippen LogP contribution in [0.15, 0.2) is 170 Å². The lowest BCUT2D eigenvalue weighted by Gasteiger charge is -2.16. The predicted molar refractivity (Wildman–Crippen MR) is 405 cm³/mol. The molecule has 0 N–H and O–H groups in total. The summed E-state index contributed by atoms with van der Waals surface area (Å²) in [4.78, 5) is 0. The Labute approximate surface area is 572 Å². The van der Waals surface area contributed by atoms with Crippen LogP contribution in [0.3, 0.4) is 0 Å². The molecule has 5 heteroatoms. The molecular formula is C90H109NO4. The van der Waals surface area contributed by atoms with Crippen LogP contribution in [0, 0.1) is 47.4 Å². The number of aromatic nitrogens is 1. The fourth-order valence-corrected chi connectivity index (χ4v) is 13.0. The number of hydrogen-bond donors (Lipinski definition) is 0. The Morgan fingerprint density at radius 3 is 0.832 bits per heavy atom. The first-order valence-corrected chi connectivity index (χ1v) is 37.0. The van der Waals surface area contributed by atoms with Gasteiger partial charge in [-0.05, 0) is 222 Å². The van der Waals surface area contributed by atoms with Crippen LogP contribution < -0.4 is 18.9 Å². The van der Waals surface area contributed by atoms with Crippen LogP contribution >= 0.6 is 0 Å². The van der Waals surface area contributed by atoms with Crippen molar-refractivity contribution in [3.05, 3.63) is 192 Å². The normalized spacial score (nSPS) is 12.6. The van der Waals surface area contributed by atoms with Gasteiger partial charge < -0.3 is 23.5 Å². The van der Waals surface area contributed by atoms with Crippen LogP contribution in [0.1, 0.15) is 213 Å². The molecule has 0 amide bonds. The smallest absolute Gasteiger partial charge is 0.119 e. The fraction of sp³-hybridized carbons (Fsp3) is 0.422. The van der Waals surface area contributed by atoms with Crippen molar-refractivity contribution in [3.8, 4) is 91.2 Å². The Bertz CT molecular complexity index is 3490. The molecule has 0 spiro atoms. The third-order valence-electron chi connectivity index (χ3n) is 19.5. The lowest BCUT2D eigenvalue weighted by Crippen LogP contribution is -2.11. The van der Waals surface area contributed by atoms with Gasteiger partial charge in [0.15, 0.2) is 0 Å². The van der Waals surface area contributed by atoms with E-state index >= 15 is 0 Å². The first kappa shape index (κ1) is 71.2. The summed E-state index contributed by atoms with van der Waals surface area (Å²) in [5, 5.41) is 2.38. The first-order valence-electron chi connectivity index (χ1n) is 37.0. The number of ether oxygens (including phenoxy) is 4. The molecule has 95 heavy (non-hydrogen) atoms. The van der Waals surface area contributed by atoms with E-state index in [2.05, 4.69) is 260 Å². The van der Waals surface area contributed by atoms with Gasteiger partial charge in [0.1, 0.15) is 23.0 Å². The van der Waals surface area contributed by atoms with Gasteiger partial charge in [-0.3, -0.25) is 0 Å². The number of rotatable bonds is 37. The summed E-state index contributed by atoms with van der Waals surface area (Å²) in [6.07, 6.45) is 23.9. The molecule has 0 aliphatic heterocycles. The van der Waals surface area contributed by atoms with E-state index in [0.29, 0.717) is 23.7 Å². The molecule has 1 aromatic heterocycles. The molecule has 8 aromatic carbocycles. The molecule has 9 aromatic rings. The topological polar surface area (TPSA) is 41.9 Å². The summed E-state index contributed by atoms with van der Waals surface area (Å²) in [6, 6.07) is 61.6. The highest BCUT2D eigenvalue weighted by Crippen LogP contribution is 2.36. The maximum Gasteiger partial charge on any atom is 0.119 e. The van der Waals surface area contributed by atoms with Crippen molar-refractivity contribution in [2.75, 3.05) is 26.4 Å². The van der Waals surface area contributed by atoms with Crippen molar-refractivity contribution < 1.29 is 18.9 Å². The van der Waals surface area contributed by atoms with E-state index in [1.54, 1.807) is 0 Å². The van der Waals surface area contributed by atoms with Crippen molar-refractivity contribution >= 4 is 21.8 Å². The van der Waals surface area contributed by atoms with E-state index in [-0.39, 0.29) is 0 Å². The van der Waals surface area contributed by atoms with Crippen LogP contribution in [0.2, 0.25) is 0 Å². The minimum atomic E-state index is 0.569. The van der Waals surface area contributed by atoms with Gasteiger partial charge in [-0.25, -0.2) is 0 Å². The molecule has 0 aliphatic carbocycles. The second kappa shape index (κ2) is 37.8. The van der Waals surface area contributed by atoms with Gasteiger partial charge in [0.25, 0.3) is 0 Å². The highest BCUT2D eigenvalue weighted by molar-refractivity contribution is 6.09. The quantitative estimate of drug-likeness (QED) is 0.0287. The zero-order valence-corrected chi connectivity index (χ0v) is 59.2. The number of nitrogens with zero attached hydrogens (tertiary/aromatic N) is 1. The summed E-state index contributed by atoms with van der Waals surface area (Å²) in [5.41, 5.74) is 15.3. The van der Waals surface area contributed by atoms with Gasteiger partial charge in [0.2, 0.25) is 0 Å². The Morgan fingerprint density at radius 2 is 0.558 bits per heavy atom. The van der Waals surface area contributed by atoms with Gasteiger partial charge in [-0.2, -0.15) is 0 Å². The summed E-state index contributed by atoms with van der Waals surface area (Å²) in [5.74, 6) is 20.6. The zero-order chi connectivity index (χ0) is 66.6. The predicted octanol–water partition coefficient (Wildman–Crippen LogP) is 25.2. The van der Waals surface area contributed by atoms with Gasteiger partial charge in [-0.15, -0.1) is 0 Å². The fourth-order valence-electron chi connectivity index (χ4n) is 13.0. The average Bonchev–Trinajstić information content (AvgIpc) is 1.63. The maximum atomic E-state index is 6.38. The monoisotopic (exact) mass is 1270 g/mol. The molecule has 9 rings (SSSR count). The number of unbranched alkanes of at least 4 members (excludes halogenated alkanes) is 7. The average molecular weight is 1270 g/mol. The standard InChI is InChI=1S/C90H109NO4/c1-10-19-24-25-54-91-89-52-34-71(30-32-73-55-79(75-36-44-83(45-37-75)92-63-67(15-6)26-20-11-2)61-80(56-73)76-38-46-84(47-39-76)93-64-68(16-7)27-21-12-3)59-87(89)88-60-72(35-53-90(88)91)31-33-74-57-81(77-40-48-85(49-41-77)94-65-69(17-8)28-22-13-4)62-82(58-74)78-42-50-86(51-43-78)95-66-70(18-9)29-23-14-5/h34-53,55-62,67-70H,10-29,54,63-66H2,1-9H3. The van der Waals surface area contributed by atoms with Crippen LogP contribution in [-0.2, 0) is 6.54 Å². The molecule has 0 fully saturated rings. The van der Waals surface area contributed by atoms with E-state index in [4.69, 9.17) is 18.9 Å². The molecule has 1 heterocycles. The SMILES string of the molecule is CCCCCCn1c2ccc(C#Cc3cc(-c4ccc(OCC(CC)CCCC)cc4)cc(-c4ccc(OCC(CC)CCCC)cc4)c3)cc2c2cc(C#Cc3cc(-c4ccc(OCC(CC)CCCC)cc4)cc(-c4ccc(OCC(CC)CCCC)cc4)c3)ccc21. The number of fused-ring (bicyclic) bond motifs is 3. The van der Waals surface area contributed by atoms with Gasteiger partial charge in [0.05, 0.1) is 26.4 Å². The first-order chi connectivity index (χ1) is 46.6. The van der Waals surface area contributed by atoms with Crippen LogP contribution in [0.25, 0.3) is 66.3 Å². The maximum absolute atomic E-state index is 6.38. The highest BCUT2D eigenvalue weighted by atomic mass is 16.5. The second-order valence-corrected chi connectivity index (χ2v) is 26.8. The molecule has 0 saturated heterocycles. The minimum absolute atomic E-state index is 0.569. The van der Waals surface area contributed by atoms with Crippen molar-refractivity contribution in [2.24, 2.45) is 23.7 Å². The van der Waals surface area contributed by atoms with Crippen LogP contribution in [0.4, 0.5) is 0 Å². The summed E-state index contributed by atoms with van der Waals surface area (Å²) < 4.78 is 28.0. The van der Waals surface area contributed by atoms with E-state index in [0.717, 1.165) is 155 Å². The Morgan fingerprint density at radius 1 is 0.274 bits per heavy atom. The Kier molecular flexibility index (Phi) is 28.3. The molecule has 5 nitrogen and oxygen atoms in total. The Balaban J connectivity index is 1.05. The minimum Gasteiger partial charge on any atom is -0.493 e. The molecule has 4 unspecified atom stereocenters. The zero-order valence-electron chi connectivity index (χ0n) is 59.2. The van der Waals surface area contributed by atoms with E-state index in [9.17, 15) is 0 Å². The highest BCUT2D eigenvalue weighted by Gasteiger charge is 2.16. The van der Waals surface area contributed by atoms with Crippen molar-refractivity contribution in [1.29, 1.82) is 0 Å². The van der Waals surface area contributed by atoms with E-state index < -0.39 is 0 Å². The lowest BCUT2D eigenvalue weighted by atomic mass is 9.96. The van der Waals surface area contributed by atoms with Crippen molar-refractivity contribution in [1.82, 2.24) is 4.57 Å². The van der Waals surface area contributed by atoms with Crippen molar-refractivity contribution in [2.45, 2.75) is 197 Å². The number of benzene rings is 8.